The van der Waals surface area contributed by atoms with Crippen molar-refractivity contribution in [2.75, 3.05) is 13.2 Å². The van der Waals surface area contributed by atoms with Crippen LogP contribution in [-0.2, 0) is 0 Å². The van der Waals surface area contributed by atoms with Gasteiger partial charge in [-0.05, 0) is 62.9 Å². The third kappa shape index (κ3) is 2.56. The van der Waals surface area contributed by atoms with E-state index in [2.05, 4.69) is 32.0 Å². The summed E-state index contributed by atoms with van der Waals surface area (Å²) in [6, 6.07) is 6.29. The van der Waals surface area contributed by atoms with Crippen LogP contribution in [0.4, 0.5) is 0 Å². The summed E-state index contributed by atoms with van der Waals surface area (Å²) in [5, 5.41) is 0. The molecule has 0 amide bonds. The van der Waals surface area contributed by atoms with Crippen LogP contribution in [0.3, 0.4) is 0 Å². The number of ether oxygens (including phenoxy) is 1. The van der Waals surface area contributed by atoms with E-state index in [1.165, 1.54) is 24.0 Å². The molecule has 0 unspecified atom stereocenters. The summed E-state index contributed by atoms with van der Waals surface area (Å²) in [5.74, 6) is 0.992. The number of hydrogen-bond acceptors (Lipinski definition) is 2. The quantitative estimate of drug-likeness (QED) is 0.826. The summed E-state index contributed by atoms with van der Waals surface area (Å²) in [4.78, 5) is 0. The van der Waals surface area contributed by atoms with Gasteiger partial charge in [0, 0.05) is 5.41 Å². The van der Waals surface area contributed by atoms with E-state index < -0.39 is 0 Å². The van der Waals surface area contributed by atoms with Gasteiger partial charge in [0.1, 0.15) is 5.75 Å². The molecule has 2 N–H and O–H groups in total. The number of rotatable bonds is 5. The summed E-state index contributed by atoms with van der Waals surface area (Å²) in [6.07, 6.45) is 3.64. The van der Waals surface area contributed by atoms with E-state index in [4.69, 9.17) is 10.5 Å². The number of benzene rings is 1. The molecule has 0 aromatic heterocycles. The fourth-order valence-corrected chi connectivity index (χ4v) is 1.99. The molecular formula is C14H21NO. The molecule has 1 saturated carbocycles. The molecule has 2 rings (SSSR count). The van der Waals surface area contributed by atoms with Crippen molar-refractivity contribution in [3.63, 3.8) is 0 Å². The van der Waals surface area contributed by atoms with E-state index in [9.17, 15) is 0 Å². The van der Waals surface area contributed by atoms with Gasteiger partial charge in [-0.2, -0.15) is 0 Å². The van der Waals surface area contributed by atoms with E-state index >= 15 is 0 Å². The number of aryl methyl sites for hydroxylation is 2. The Bertz CT molecular complexity index is 369. The topological polar surface area (TPSA) is 35.2 Å². The van der Waals surface area contributed by atoms with Crippen LogP contribution in [0.5, 0.6) is 5.75 Å². The molecule has 2 heteroatoms. The molecule has 88 valence electrons. The lowest BCUT2D eigenvalue weighted by atomic mass is 10.0. The molecule has 1 aliphatic carbocycles. The Morgan fingerprint density at radius 1 is 1.25 bits per heavy atom. The summed E-state index contributed by atoms with van der Waals surface area (Å²) in [7, 11) is 0. The SMILES string of the molecule is Cc1ccc(OCC2(CCN)CC2)cc1C. The van der Waals surface area contributed by atoms with Gasteiger partial charge in [-0.15, -0.1) is 0 Å². The molecule has 0 bridgehead atoms. The summed E-state index contributed by atoms with van der Waals surface area (Å²) in [6.45, 7) is 5.84. The van der Waals surface area contributed by atoms with Crippen molar-refractivity contribution < 1.29 is 4.74 Å². The Morgan fingerprint density at radius 3 is 2.56 bits per heavy atom. The van der Waals surface area contributed by atoms with Crippen molar-refractivity contribution in [2.24, 2.45) is 11.1 Å². The highest BCUT2D eigenvalue weighted by Gasteiger charge is 2.42. The van der Waals surface area contributed by atoms with Crippen LogP contribution in [0.2, 0.25) is 0 Å². The number of hydrogen-bond donors (Lipinski definition) is 1. The van der Waals surface area contributed by atoms with Gasteiger partial charge in [-0.1, -0.05) is 6.07 Å². The highest BCUT2D eigenvalue weighted by Crippen LogP contribution is 2.48. The van der Waals surface area contributed by atoms with Gasteiger partial charge in [-0.3, -0.25) is 0 Å². The van der Waals surface area contributed by atoms with E-state index in [1.54, 1.807) is 0 Å². The largest absolute Gasteiger partial charge is 0.493 e. The predicted molar refractivity (Wildman–Crippen MR) is 66.7 cm³/mol. The zero-order chi connectivity index (χ0) is 11.6. The lowest BCUT2D eigenvalue weighted by Gasteiger charge is -2.15. The molecule has 1 aromatic rings. The minimum atomic E-state index is 0.396. The second kappa shape index (κ2) is 4.46. The standard InChI is InChI=1S/C14H21NO/c1-11-3-4-13(9-12(11)2)16-10-14(5-6-14)7-8-15/h3-4,9H,5-8,10,15H2,1-2H3. The second-order valence-corrected chi connectivity index (χ2v) is 5.07. The molecule has 1 aliphatic rings. The maximum atomic E-state index is 5.87. The average molecular weight is 219 g/mol. The monoisotopic (exact) mass is 219 g/mol. The molecule has 16 heavy (non-hydrogen) atoms. The minimum absolute atomic E-state index is 0.396. The van der Waals surface area contributed by atoms with Crippen molar-refractivity contribution in [1.82, 2.24) is 0 Å². The molecule has 1 fully saturated rings. The van der Waals surface area contributed by atoms with Crippen LogP contribution < -0.4 is 10.5 Å². The Hall–Kier alpha value is -1.02. The summed E-state index contributed by atoms with van der Waals surface area (Å²) < 4.78 is 5.87. The Balaban J connectivity index is 1.92. The van der Waals surface area contributed by atoms with Gasteiger partial charge in [0.25, 0.3) is 0 Å². The van der Waals surface area contributed by atoms with E-state index in [0.717, 1.165) is 25.3 Å². The van der Waals surface area contributed by atoms with Crippen molar-refractivity contribution in [2.45, 2.75) is 33.1 Å². The van der Waals surface area contributed by atoms with Crippen LogP contribution in [0.25, 0.3) is 0 Å². The minimum Gasteiger partial charge on any atom is -0.493 e. The first kappa shape index (κ1) is 11.5. The van der Waals surface area contributed by atoms with Crippen molar-refractivity contribution >= 4 is 0 Å². The normalized spacial score (nSPS) is 17.2. The van der Waals surface area contributed by atoms with Crippen LogP contribution in [-0.4, -0.2) is 13.2 Å². The average Bonchev–Trinajstić information content (AvgIpc) is 3.01. The first-order valence-corrected chi connectivity index (χ1v) is 6.05. The first-order chi connectivity index (χ1) is 7.65. The van der Waals surface area contributed by atoms with E-state index in [-0.39, 0.29) is 0 Å². The molecule has 0 spiro atoms. The zero-order valence-corrected chi connectivity index (χ0v) is 10.3. The van der Waals surface area contributed by atoms with Crippen molar-refractivity contribution in [3.8, 4) is 5.75 Å². The lowest BCUT2D eigenvalue weighted by molar-refractivity contribution is 0.227. The highest BCUT2D eigenvalue weighted by molar-refractivity contribution is 5.33. The Labute approximate surface area is 97.8 Å². The second-order valence-electron chi connectivity index (χ2n) is 5.07. The van der Waals surface area contributed by atoms with Gasteiger partial charge in [0.2, 0.25) is 0 Å². The molecule has 0 atom stereocenters. The van der Waals surface area contributed by atoms with Crippen molar-refractivity contribution in [3.05, 3.63) is 29.3 Å². The van der Waals surface area contributed by atoms with E-state index in [0.29, 0.717) is 5.41 Å². The van der Waals surface area contributed by atoms with Crippen LogP contribution >= 0.6 is 0 Å². The molecule has 0 radical (unpaired) electrons. The third-order valence-electron chi connectivity index (χ3n) is 3.66. The Morgan fingerprint density at radius 2 is 2.00 bits per heavy atom. The molecule has 0 heterocycles. The lowest BCUT2D eigenvalue weighted by Crippen LogP contribution is -2.17. The van der Waals surface area contributed by atoms with Gasteiger partial charge in [0.05, 0.1) is 6.61 Å². The maximum Gasteiger partial charge on any atom is 0.119 e. The summed E-state index contributed by atoms with van der Waals surface area (Å²) >= 11 is 0. The molecule has 2 nitrogen and oxygen atoms in total. The molecule has 1 aromatic carbocycles. The predicted octanol–water partition coefficient (Wildman–Crippen LogP) is 2.81. The smallest absolute Gasteiger partial charge is 0.119 e. The third-order valence-corrected chi connectivity index (χ3v) is 3.66. The zero-order valence-electron chi connectivity index (χ0n) is 10.3. The van der Waals surface area contributed by atoms with Crippen LogP contribution in [0.1, 0.15) is 30.4 Å². The fraction of sp³-hybridized carbons (Fsp3) is 0.571. The molecule has 0 saturated heterocycles. The fourth-order valence-electron chi connectivity index (χ4n) is 1.99. The van der Waals surface area contributed by atoms with Crippen LogP contribution in [0.15, 0.2) is 18.2 Å². The Kier molecular flexibility index (Phi) is 3.20. The highest BCUT2D eigenvalue weighted by atomic mass is 16.5. The van der Waals surface area contributed by atoms with Gasteiger partial charge >= 0.3 is 0 Å². The van der Waals surface area contributed by atoms with Crippen LogP contribution in [0, 0.1) is 19.3 Å². The van der Waals surface area contributed by atoms with Gasteiger partial charge < -0.3 is 10.5 Å². The first-order valence-electron chi connectivity index (χ1n) is 6.05. The number of nitrogens with two attached hydrogens (primary N) is 1. The van der Waals surface area contributed by atoms with Gasteiger partial charge in [-0.25, -0.2) is 0 Å². The molecule has 0 aliphatic heterocycles. The maximum absolute atomic E-state index is 5.87. The van der Waals surface area contributed by atoms with E-state index in [1.807, 2.05) is 0 Å². The van der Waals surface area contributed by atoms with Crippen molar-refractivity contribution in [1.29, 1.82) is 0 Å². The molecular weight excluding hydrogens is 198 g/mol. The summed E-state index contributed by atoms with van der Waals surface area (Å²) in [5.41, 5.74) is 8.62. The van der Waals surface area contributed by atoms with Gasteiger partial charge in [0.15, 0.2) is 0 Å².